The van der Waals surface area contributed by atoms with Crippen molar-refractivity contribution in [2.45, 2.75) is 39.3 Å². The second-order valence-corrected chi connectivity index (χ2v) is 4.41. The number of hydrogen-bond donors (Lipinski definition) is 1. The van der Waals surface area contributed by atoms with Crippen LogP contribution in [0.2, 0.25) is 0 Å². The maximum absolute atomic E-state index is 5.85. The SMILES string of the molecule is CCNC(CC)c1ccccc1OCC(C)OC. The zero-order valence-electron chi connectivity index (χ0n) is 11.9. The fourth-order valence-electron chi connectivity index (χ4n) is 1.90. The lowest BCUT2D eigenvalue weighted by Crippen LogP contribution is -2.22. The van der Waals surface area contributed by atoms with Gasteiger partial charge in [0, 0.05) is 18.7 Å². The highest BCUT2D eigenvalue weighted by molar-refractivity contribution is 5.35. The summed E-state index contributed by atoms with van der Waals surface area (Å²) in [6.07, 6.45) is 1.16. The van der Waals surface area contributed by atoms with Gasteiger partial charge in [-0.1, -0.05) is 32.0 Å². The molecule has 102 valence electrons. The molecule has 0 aliphatic carbocycles. The second-order valence-electron chi connectivity index (χ2n) is 4.41. The average molecular weight is 251 g/mol. The number of ether oxygens (including phenoxy) is 2. The molecule has 0 saturated carbocycles. The van der Waals surface area contributed by atoms with E-state index >= 15 is 0 Å². The average Bonchev–Trinajstić information content (AvgIpc) is 2.42. The maximum atomic E-state index is 5.85. The van der Waals surface area contributed by atoms with E-state index in [2.05, 4.69) is 31.3 Å². The van der Waals surface area contributed by atoms with Gasteiger partial charge >= 0.3 is 0 Å². The number of rotatable bonds is 8. The van der Waals surface area contributed by atoms with Crippen LogP contribution in [0.3, 0.4) is 0 Å². The minimum absolute atomic E-state index is 0.109. The Bertz CT molecular complexity index is 341. The van der Waals surface area contributed by atoms with Crippen molar-refractivity contribution in [2.75, 3.05) is 20.3 Å². The number of nitrogens with one attached hydrogen (secondary N) is 1. The molecule has 0 spiro atoms. The first-order chi connectivity index (χ1) is 8.72. The van der Waals surface area contributed by atoms with Gasteiger partial charge in [0.05, 0.1) is 6.10 Å². The van der Waals surface area contributed by atoms with E-state index in [1.807, 2.05) is 19.1 Å². The van der Waals surface area contributed by atoms with Crippen molar-refractivity contribution in [2.24, 2.45) is 0 Å². The van der Waals surface area contributed by atoms with Crippen molar-refractivity contribution in [3.8, 4) is 5.75 Å². The van der Waals surface area contributed by atoms with Crippen LogP contribution < -0.4 is 10.1 Å². The normalized spacial score (nSPS) is 14.2. The molecule has 1 rings (SSSR count). The maximum Gasteiger partial charge on any atom is 0.124 e. The molecule has 0 aliphatic rings. The molecule has 1 N–H and O–H groups in total. The topological polar surface area (TPSA) is 30.5 Å². The fraction of sp³-hybridized carbons (Fsp3) is 0.600. The molecule has 1 aromatic rings. The molecule has 3 heteroatoms. The smallest absolute Gasteiger partial charge is 0.124 e. The Kier molecular flexibility index (Phi) is 6.76. The van der Waals surface area contributed by atoms with Crippen molar-refractivity contribution in [3.63, 3.8) is 0 Å². The third-order valence-electron chi connectivity index (χ3n) is 3.03. The van der Waals surface area contributed by atoms with E-state index in [4.69, 9.17) is 9.47 Å². The third kappa shape index (κ3) is 4.31. The van der Waals surface area contributed by atoms with Crippen LogP contribution >= 0.6 is 0 Å². The van der Waals surface area contributed by atoms with Crippen molar-refractivity contribution in [3.05, 3.63) is 29.8 Å². The standard InChI is InChI=1S/C15H25NO2/c1-5-14(16-6-2)13-9-7-8-10-15(13)18-11-12(3)17-4/h7-10,12,14,16H,5-6,11H2,1-4H3. The Morgan fingerprint density at radius 3 is 2.56 bits per heavy atom. The minimum atomic E-state index is 0.109. The number of methoxy groups -OCH3 is 1. The van der Waals surface area contributed by atoms with Crippen LogP contribution in [0.25, 0.3) is 0 Å². The van der Waals surface area contributed by atoms with Gasteiger partial charge in [0.15, 0.2) is 0 Å². The highest BCUT2D eigenvalue weighted by atomic mass is 16.5. The lowest BCUT2D eigenvalue weighted by atomic mass is 10.0. The van der Waals surface area contributed by atoms with Gasteiger partial charge in [-0.2, -0.15) is 0 Å². The Balaban J connectivity index is 2.77. The summed E-state index contributed by atoms with van der Waals surface area (Å²) in [6, 6.07) is 8.57. The highest BCUT2D eigenvalue weighted by Gasteiger charge is 2.13. The predicted molar refractivity (Wildman–Crippen MR) is 75.1 cm³/mol. The summed E-state index contributed by atoms with van der Waals surface area (Å²) in [4.78, 5) is 0. The van der Waals surface area contributed by atoms with E-state index in [1.54, 1.807) is 7.11 Å². The molecule has 3 nitrogen and oxygen atoms in total. The Morgan fingerprint density at radius 1 is 1.22 bits per heavy atom. The van der Waals surface area contributed by atoms with E-state index in [-0.39, 0.29) is 6.10 Å². The summed E-state index contributed by atoms with van der Waals surface area (Å²) >= 11 is 0. The molecule has 2 unspecified atom stereocenters. The summed E-state index contributed by atoms with van der Waals surface area (Å²) in [7, 11) is 1.70. The third-order valence-corrected chi connectivity index (χ3v) is 3.03. The van der Waals surface area contributed by atoms with Crippen LogP contribution in [0.4, 0.5) is 0 Å². The molecule has 0 amide bonds. The van der Waals surface area contributed by atoms with Crippen LogP contribution in [-0.2, 0) is 4.74 Å². The first-order valence-electron chi connectivity index (χ1n) is 6.70. The number of para-hydroxylation sites is 1. The van der Waals surface area contributed by atoms with Crippen LogP contribution in [0.15, 0.2) is 24.3 Å². The van der Waals surface area contributed by atoms with Gasteiger partial charge in [-0.05, 0) is 26.0 Å². The molecule has 0 heterocycles. The Hall–Kier alpha value is -1.06. The van der Waals surface area contributed by atoms with E-state index < -0.39 is 0 Å². The molecule has 0 aromatic heterocycles. The summed E-state index contributed by atoms with van der Waals surface area (Å²) in [5.74, 6) is 0.953. The summed E-state index contributed by atoms with van der Waals surface area (Å²) < 4.78 is 11.1. The number of benzene rings is 1. The van der Waals surface area contributed by atoms with E-state index in [1.165, 1.54) is 5.56 Å². The van der Waals surface area contributed by atoms with Crippen molar-refractivity contribution in [1.82, 2.24) is 5.32 Å². The summed E-state index contributed by atoms with van der Waals surface area (Å²) in [5, 5.41) is 3.48. The lowest BCUT2D eigenvalue weighted by Gasteiger charge is -2.21. The summed E-state index contributed by atoms with van der Waals surface area (Å²) in [6.45, 7) is 7.85. The second kappa shape index (κ2) is 8.11. The molecular formula is C15H25NO2. The quantitative estimate of drug-likeness (QED) is 0.770. The van der Waals surface area contributed by atoms with Crippen LogP contribution in [0, 0.1) is 0 Å². The summed E-state index contributed by atoms with van der Waals surface area (Å²) in [5.41, 5.74) is 1.23. The van der Waals surface area contributed by atoms with Crippen LogP contribution in [-0.4, -0.2) is 26.4 Å². The van der Waals surface area contributed by atoms with E-state index in [0.717, 1.165) is 18.7 Å². The van der Waals surface area contributed by atoms with E-state index in [9.17, 15) is 0 Å². The van der Waals surface area contributed by atoms with Gasteiger partial charge in [0.1, 0.15) is 12.4 Å². The zero-order valence-corrected chi connectivity index (χ0v) is 11.9. The van der Waals surface area contributed by atoms with Crippen molar-refractivity contribution >= 4 is 0 Å². The van der Waals surface area contributed by atoms with Crippen molar-refractivity contribution < 1.29 is 9.47 Å². The zero-order chi connectivity index (χ0) is 13.4. The van der Waals surface area contributed by atoms with Crippen LogP contribution in [0.1, 0.15) is 38.8 Å². The molecule has 2 atom stereocenters. The molecule has 0 bridgehead atoms. The number of hydrogen-bond acceptors (Lipinski definition) is 3. The molecule has 0 fully saturated rings. The van der Waals surface area contributed by atoms with Gasteiger partial charge in [0.25, 0.3) is 0 Å². The van der Waals surface area contributed by atoms with Crippen LogP contribution in [0.5, 0.6) is 5.75 Å². The molecule has 0 saturated heterocycles. The fourth-order valence-corrected chi connectivity index (χ4v) is 1.90. The molecular weight excluding hydrogens is 226 g/mol. The molecule has 1 aromatic carbocycles. The van der Waals surface area contributed by atoms with Gasteiger partial charge < -0.3 is 14.8 Å². The lowest BCUT2D eigenvalue weighted by molar-refractivity contribution is 0.0711. The Morgan fingerprint density at radius 2 is 1.94 bits per heavy atom. The van der Waals surface area contributed by atoms with Gasteiger partial charge in [-0.25, -0.2) is 0 Å². The molecule has 18 heavy (non-hydrogen) atoms. The first kappa shape index (κ1) is 15.0. The molecule has 0 radical (unpaired) electrons. The van der Waals surface area contributed by atoms with Crippen molar-refractivity contribution in [1.29, 1.82) is 0 Å². The van der Waals surface area contributed by atoms with Gasteiger partial charge in [0.2, 0.25) is 0 Å². The highest BCUT2D eigenvalue weighted by Crippen LogP contribution is 2.27. The van der Waals surface area contributed by atoms with E-state index in [0.29, 0.717) is 12.6 Å². The monoisotopic (exact) mass is 251 g/mol. The first-order valence-corrected chi connectivity index (χ1v) is 6.70. The van der Waals surface area contributed by atoms with Gasteiger partial charge in [-0.15, -0.1) is 0 Å². The predicted octanol–water partition coefficient (Wildman–Crippen LogP) is 3.16. The molecule has 0 aliphatic heterocycles. The largest absolute Gasteiger partial charge is 0.491 e. The minimum Gasteiger partial charge on any atom is -0.491 e. The Labute approximate surface area is 110 Å². The van der Waals surface area contributed by atoms with Gasteiger partial charge in [-0.3, -0.25) is 0 Å².